The number of aromatic amines is 1. The summed E-state index contributed by atoms with van der Waals surface area (Å²) in [4.78, 5) is 16.2. The van der Waals surface area contributed by atoms with E-state index >= 15 is 0 Å². The summed E-state index contributed by atoms with van der Waals surface area (Å²) in [6.45, 7) is 0. The maximum atomic E-state index is 13.0. The predicted molar refractivity (Wildman–Crippen MR) is 101 cm³/mol. The van der Waals surface area contributed by atoms with Crippen LogP contribution in [0.15, 0.2) is 42.7 Å². The van der Waals surface area contributed by atoms with E-state index in [4.69, 9.17) is 11.6 Å². The highest BCUT2D eigenvalue weighted by molar-refractivity contribution is 6.31. The Morgan fingerprint density at radius 3 is 2.72 bits per heavy atom. The minimum Gasteiger partial charge on any atom is -0.357 e. The minimum absolute atomic E-state index is 0.0573. The lowest BCUT2D eigenvalue weighted by molar-refractivity contribution is 0.0862. The van der Waals surface area contributed by atoms with Gasteiger partial charge in [0.25, 0.3) is 5.91 Å². The molecule has 1 aromatic carbocycles. The summed E-state index contributed by atoms with van der Waals surface area (Å²) < 4.78 is 2.04. The number of fused-ring (bicyclic) bond motifs is 1. The van der Waals surface area contributed by atoms with Gasteiger partial charge in [-0.05, 0) is 48.7 Å². The summed E-state index contributed by atoms with van der Waals surface area (Å²) in [6.07, 6.45) is 9.63. The van der Waals surface area contributed by atoms with Gasteiger partial charge in [0.15, 0.2) is 0 Å². The lowest BCUT2D eigenvalue weighted by Gasteiger charge is -2.37. The number of nitrogens with one attached hydrogen (secondary N) is 2. The largest absolute Gasteiger partial charge is 0.357 e. The standard InChI is InChI=1S/C20H22ClN3O/c1-24-10-7-15(13-24)20(8-3-2-4-9-20)23-19(25)18-12-14-11-16(21)5-6-17(14)22-18/h5-7,10-13,22H,2-4,8-9H2,1H3,(H,23,25). The second-order valence-corrected chi connectivity index (χ2v) is 7.51. The zero-order valence-corrected chi connectivity index (χ0v) is 15.1. The number of rotatable bonds is 3. The normalized spacial score (nSPS) is 16.9. The Morgan fingerprint density at radius 1 is 1.20 bits per heavy atom. The van der Waals surface area contributed by atoms with Crippen molar-refractivity contribution in [3.05, 3.63) is 59.0 Å². The van der Waals surface area contributed by atoms with Crippen molar-refractivity contribution < 1.29 is 4.79 Å². The average Bonchev–Trinajstić information content (AvgIpc) is 3.22. The van der Waals surface area contributed by atoms with Crippen LogP contribution in [0.5, 0.6) is 0 Å². The fourth-order valence-electron chi connectivity index (χ4n) is 3.94. The summed E-state index contributed by atoms with van der Waals surface area (Å²) in [5.41, 5.74) is 2.43. The summed E-state index contributed by atoms with van der Waals surface area (Å²) in [6, 6.07) is 9.60. The molecule has 1 fully saturated rings. The molecule has 0 spiro atoms. The number of amides is 1. The molecule has 2 heterocycles. The zero-order valence-electron chi connectivity index (χ0n) is 14.3. The molecule has 1 amide bonds. The third-order valence-electron chi connectivity index (χ3n) is 5.27. The number of hydrogen-bond donors (Lipinski definition) is 2. The number of benzene rings is 1. The predicted octanol–water partition coefficient (Wildman–Crippen LogP) is 4.75. The molecule has 0 atom stereocenters. The van der Waals surface area contributed by atoms with E-state index in [0.717, 1.165) is 36.6 Å². The molecule has 0 unspecified atom stereocenters. The molecule has 3 aromatic rings. The molecule has 2 aromatic heterocycles. The molecular formula is C20H22ClN3O. The molecule has 130 valence electrons. The van der Waals surface area contributed by atoms with Gasteiger partial charge in [-0.1, -0.05) is 30.9 Å². The van der Waals surface area contributed by atoms with E-state index in [1.165, 1.54) is 12.0 Å². The SMILES string of the molecule is Cn1ccc(C2(NC(=O)c3cc4cc(Cl)ccc4[nH]3)CCCCC2)c1. The van der Waals surface area contributed by atoms with Crippen LogP contribution in [0.25, 0.3) is 10.9 Å². The number of nitrogens with zero attached hydrogens (tertiary/aromatic N) is 1. The van der Waals surface area contributed by atoms with Gasteiger partial charge in [-0.2, -0.15) is 0 Å². The second kappa shape index (κ2) is 6.26. The zero-order chi connectivity index (χ0) is 17.4. The van der Waals surface area contributed by atoms with Crippen molar-refractivity contribution in [1.29, 1.82) is 0 Å². The van der Waals surface area contributed by atoms with E-state index in [0.29, 0.717) is 10.7 Å². The molecule has 4 rings (SSSR count). The van der Waals surface area contributed by atoms with Crippen LogP contribution in [0, 0.1) is 0 Å². The van der Waals surface area contributed by atoms with Gasteiger partial charge in [0.1, 0.15) is 5.69 Å². The van der Waals surface area contributed by atoms with Crippen molar-refractivity contribution in [2.24, 2.45) is 7.05 Å². The van der Waals surface area contributed by atoms with Gasteiger partial charge >= 0.3 is 0 Å². The molecule has 0 saturated heterocycles. The van der Waals surface area contributed by atoms with Crippen LogP contribution in [0.1, 0.15) is 48.2 Å². The first-order valence-electron chi connectivity index (χ1n) is 8.79. The molecule has 1 aliphatic carbocycles. The second-order valence-electron chi connectivity index (χ2n) is 7.08. The Morgan fingerprint density at radius 2 is 2.00 bits per heavy atom. The third kappa shape index (κ3) is 3.07. The van der Waals surface area contributed by atoms with E-state index < -0.39 is 0 Å². The number of carbonyl (C=O) groups is 1. The summed E-state index contributed by atoms with van der Waals surface area (Å²) >= 11 is 6.05. The van der Waals surface area contributed by atoms with Crippen LogP contribution >= 0.6 is 11.6 Å². The average molecular weight is 356 g/mol. The van der Waals surface area contributed by atoms with Crippen molar-refractivity contribution >= 4 is 28.4 Å². The van der Waals surface area contributed by atoms with Gasteiger partial charge in [-0.15, -0.1) is 0 Å². The Bertz CT molecular complexity index is 918. The van der Waals surface area contributed by atoms with E-state index in [-0.39, 0.29) is 11.4 Å². The minimum atomic E-state index is -0.272. The van der Waals surface area contributed by atoms with Crippen molar-refractivity contribution in [3.63, 3.8) is 0 Å². The summed E-state index contributed by atoms with van der Waals surface area (Å²) in [5, 5.41) is 4.96. The molecule has 5 heteroatoms. The lowest BCUT2D eigenvalue weighted by atomic mass is 9.77. The van der Waals surface area contributed by atoms with Crippen LogP contribution < -0.4 is 5.32 Å². The van der Waals surface area contributed by atoms with Gasteiger partial charge in [0.05, 0.1) is 5.54 Å². The smallest absolute Gasteiger partial charge is 0.268 e. The van der Waals surface area contributed by atoms with Gasteiger partial charge in [-0.25, -0.2) is 0 Å². The first-order chi connectivity index (χ1) is 12.1. The number of aromatic nitrogens is 2. The summed E-state index contributed by atoms with van der Waals surface area (Å²) in [5.74, 6) is -0.0573. The quantitative estimate of drug-likeness (QED) is 0.699. The maximum Gasteiger partial charge on any atom is 0.268 e. The Hall–Kier alpha value is -2.20. The summed E-state index contributed by atoms with van der Waals surface area (Å²) in [7, 11) is 2.02. The molecule has 25 heavy (non-hydrogen) atoms. The third-order valence-corrected chi connectivity index (χ3v) is 5.51. The van der Waals surface area contributed by atoms with E-state index in [2.05, 4.69) is 22.6 Å². The highest BCUT2D eigenvalue weighted by Gasteiger charge is 2.36. The van der Waals surface area contributed by atoms with Crippen LogP contribution in [0.3, 0.4) is 0 Å². The maximum absolute atomic E-state index is 13.0. The highest BCUT2D eigenvalue weighted by atomic mass is 35.5. The first kappa shape index (κ1) is 16.3. The van der Waals surface area contributed by atoms with Crippen molar-refractivity contribution in [2.45, 2.75) is 37.6 Å². The Labute approximate surface area is 152 Å². The van der Waals surface area contributed by atoms with E-state index in [1.807, 2.05) is 42.1 Å². The Balaban J connectivity index is 1.65. The van der Waals surface area contributed by atoms with Crippen LogP contribution in [-0.2, 0) is 12.6 Å². The molecular weight excluding hydrogens is 334 g/mol. The van der Waals surface area contributed by atoms with Crippen LogP contribution in [0.4, 0.5) is 0 Å². The molecule has 1 aliphatic rings. The van der Waals surface area contributed by atoms with Crippen LogP contribution in [-0.4, -0.2) is 15.5 Å². The van der Waals surface area contributed by atoms with E-state index in [1.54, 1.807) is 0 Å². The van der Waals surface area contributed by atoms with Gasteiger partial charge in [0.2, 0.25) is 0 Å². The lowest BCUT2D eigenvalue weighted by Crippen LogP contribution is -2.47. The molecule has 0 radical (unpaired) electrons. The van der Waals surface area contributed by atoms with Gasteiger partial charge in [0, 0.05) is 35.4 Å². The molecule has 1 saturated carbocycles. The van der Waals surface area contributed by atoms with Crippen molar-refractivity contribution in [3.8, 4) is 0 Å². The van der Waals surface area contributed by atoms with E-state index in [9.17, 15) is 4.79 Å². The molecule has 0 bridgehead atoms. The topological polar surface area (TPSA) is 49.8 Å². The fourth-order valence-corrected chi connectivity index (χ4v) is 4.12. The monoisotopic (exact) mass is 355 g/mol. The highest BCUT2D eigenvalue weighted by Crippen LogP contribution is 2.37. The Kier molecular flexibility index (Phi) is 4.08. The molecule has 0 aliphatic heterocycles. The van der Waals surface area contributed by atoms with Crippen LogP contribution in [0.2, 0.25) is 5.02 Å². The number of carbonyl (C=O) groups excluding carboxylic acids is 1. The van der Waals surface area contributed by atoms with Crippen molar-refractivity contribution in [1.82, 2.24) is 14.9 Å². The first-order valence-corrected chi connectivity index (χ1v) is 9.17. The molecule has 2 N–H and O–H groups in total. The number of hydrogen-bond acceptors (Lipinski definition) is 1. The van der Waals surface area contributed by atoms with Gasteiger partial charge < -0.3 is 14.9 Å². The fraction of sp³-hybridized carbons (Fsp3) is 0.350. The number of H-pyrrole nitrogens is 1. The van der Waals surface area contributed by atoms with Gasteiger partial charge in [-0.3, -0.25) is 4.79 Å². The number of halogens is 1. The van der Waals surface area contributed by atoms with Crippen molar-refractivity contribution in [2.75, 3.05) is 0 Å². The molecule has 4 nitrogen and oxygen atoms in total. The number of aryl methyl sites for hydroxylation is 1.